The van der Waals surface area contributed by atoms with E-state index in [0.29, 0.717) is 17.5 Å². The zero-order valence-corrected chi connectivity index (χ0v) is 31.2. The first-order chi connectivity index (χ1) is 28.2. The van der Waals surface area contributed by atoms with Crippen LogP contribution in [0.25, 0.3) is 115 Å². The summed E-state index contributed by atoms with van der Waals surface area (Å²) < 4.78 is 11.5. The van der Waals surface area contributed by atoms with Crippen LogP contribution in [0.3, 0.4) is 0 Å². The van der Waals surface area contributed by atoms with E-state index in [-0.39, 0.29) is 0 Å². The van der Waals surface area contributed by atoms with E-state index in [0.717, 1.165) is 49.8 Å². The molecule has 6 heteroatoms. The first-order valence-electron chi connectivity index (χ1n) is 19.0. The van der Waals surface area contributed by atoms with Gasteiger partial charge in [0.1, 0.15) is 11.2 Å². The number of rotatable bonds is 5. The molecule has 0 spiro atoms. The lowest BCUT2D eigenvalue weighted by Gasteiger charge is -2.12. The number of para-hydroxylation sites is 2. The fourth-order valence-corrected chi connectivity index (χ4v) is 9.48. The molecular formula is C51H30N4OS. The molecule has 0 radical (unpaired) electrons. The summed E-state index contributed by atoms with van der Waals surface area (Å²) in [4.78, 5) is 15.2. The van der Waals surface area contributed by atoms with Crippen LogP contribution in [0.15, 0.2) is 186 Å². The Labute approximate surface area is 330 Å². The van der Waals surface area contributed by atoms with Crippen LogP contribution in [0, 0.1) is 0 Å². The van der Waals surface area contributed by atoms with Crippen LogP contribution >= 0.6 is 11.3 Å². The summed E-state index contributed by atoms with van der Waals surface area (Å²) in [5.41, 5.74) is 10.2. The molecule has 0 N–H and O–H groups in total. The molecule has 12 rings (SSSR count). The minimum absolute atomic E-state index is 0.612. The molecular weight excluding hydrogens is 717 g/mol. The van der Waals surface area contributed by atoms with E-state index in [1.54, 1.807) is 11.3 Å². The number of aromatic nitrogens is 4. The molecule has 0 aliphatic carbocycles. The molecule has 0 amide bonds. The molecule has 266 valence electrons. The van der Waals surface area contributed by atoms with Gasteiger partial charge in [-0.25, -0.2) is 15.0 Å². The van der Waals surface area contributed by atoms with Crippen molar-refractivity contribution in [3.05, 3.63) is 182 Å². The molecule has 0 atom stereocenters. The highest BCUT2D eigenvalue weighted by atomic mass is 32.1. The second-order valence-corrected chi connectivity index (χ2v) is 15.5. The largest absolute Gasteiger partial charge is 0.456 e. The van der Waals surface area contributed by atoms with Gasteiger partial charge in [-0.15, -0.1) is 11.3 Å². The predicted octanol–water partition coefficient (Wildman–Crippen LogP) is 13.9. The van der Waals surface area contributed by atoms with E-state index in [9.17, 15) is 0 Å². The van der Waals surface area contributed by atoms with Gasteiger partial charge in [-0.2, -0.15) is 0 Å². The van der Waals surface area contributed by atoms with Crippen molar-refractivity contribution in [2.24, 2.45) is 0 Å². The maximum Gasteiger partial charge on any atom is 0.164 e. The van der Waals surface area contributed by atoms with Crippen molar-refractivity contribution in [3.63, 3.8) is 0 Å². The summed E-state index contributed by atoms with van der Waals surface area (Å²) in [7, 11) is 0. The van der Waals surface area contributed by atoms with E-state index >= 15 is 0 Å². The van der Waals surface area contributed by atoms with Gasteiger partial charge in [-0.3, -0.25) is 0 Å². The van der Waals surface area contributed by atoms with Crippen LogP contribution in [-0.2, 0) is 0 Å². The third-order valence-corrected chi connectivity index (χ3v) is 12.2. The molecule has 0 aliphatic heterocycles. The molecule has 5 nitrogen and oxygen atoms in total. The van der Waals surface area contributed by atoms with E-state index < -0.39 is 0 Å². The Balaban J connectivity index is 1.01. The lowest BCUT2D eigenvalue weighted by Crippen LogP contribution is -2.00. The lowest BCUT2D eigenvalue weighted by atomic mass is 10.0. The molecule has 0 unspecified atom stereocenters. The zero-order valence-electron chi connectivity index (χ0n) is 30.4. The number of nitrogens with zero attached hydrogens (tertiary/aromatic N) is 4. The Hall–Kier alpha value is -7.41. The highest BCUT2D eigenvalue weighted by Crippen LogP contribution is 2.41. The van der Waals surface area contributed by atoms with Crippen molar-refractivity contribution in [2.75, 3.05) is 0 Å². The summed E-state index contributed by atoms with van der Waals surface area (Å²) in [6.07, 6.45) is 0. The Morgan fingerprint density at radius 3 is 1.82 bits per heavy atom. The molecule has 8 aromatic carbocycles. The lowest BCUT2D eigenvalue weighted by molar-refractivity contribution is 0.668. The van der Waals surface area contributed by atoms with Crippen LogP contribution in [0.4, 0.5) is 0 Å². The Morgan fingerprint density at radius 2 is 1.02 bits per heavy atom. The first-order valence-corrected chi connectivity index (χ1v) is 19.8. The Morgan fingerprint density at radius 1 is 0.386 bits per heavy atom. The average Bonchev–Trinajstić information content (AvgIpc) is 3.95. The van der Waals surface area contributed by atoms with E-state index in [1.165, 1.54) is 47.6 Å². The van der Waals surface area contributed by atoms with Crippen LogP contribution < -0.4 is 0 Å². The van der Waals surface area contributed by atoms with Crippen molar-refractivity contribution in [2.45, 2.75) is 0 Å². The molecule has 0 aliphatic rings. The van der Waals surface area contributed by atoms with Gasteiger partial charge in [-0.05, 0) is 66.2 Å². The van der Waals surface area contributed by atoms with Crippen molar-refractivity contribution >= 4 is 75.3 Å². The molecule has 0 saturated carbocycles. The number of benzene rings is 8. The normalized spacial score (nSPS) is 11.9. The van der Waals surface area contributed by atoms with E-state index in [1.807, 2.05) is 42.5 Å². The third kappa shape index (κ3) is 5.12. The molecule has 57 heavy (non-hydrogen) atoms. The SMILES string of the molecule is c1ccc(-c2nc(-c3ccc4oc5cc(-n6c7ccccc7c7cccc(-c8ccccc8)c76)ccc5c4c3)nc(-c3ccc4sc5ccccc5c4c3)n2)cc1. The van der Waals surface area contributed by atoms with Crippen molar-refractivity contribution in [1.29, 1.82) is 0 Å². The molecule has 0 bridgehead atoms. The zero-order chi connectivity index (χ0) is 37.5. The minimum Gasteiger partial charge on any atom is -0.456 e. The number of fused-ring (bicyclic) bond motifs is 9. The maximum atomic E-state index is 6.61. The van der Waals surface area contributed by atoms with Crippen molar-refractivity contribution < 1.29 is 4.42 Å². The van der Waals surface area contributed by atoms with Gasteiger partial charge in [0.05, 0.1) is 11.0 Å². The van der Waals surface area contributed by atoms with Gasteiger partial charge in [0.25, 0.3) is 0 Å². The quantitative estimate of drug-likeness (QED) is 0.176. The Bertz CT molecular complexity index is 3530. The molecule has 4 aromatic heterocycles. The van der Waals surface area contributed by atoms with Crippen LogP contribution in [-0.4, -0.2) is 19.5 Å². The molecule has 0 fully saturated rings. The van der Waals surface area contributed by atoms with Crippen molar-refractivity contribution in [1.82, 2.24) is 19.5 Å². The highest BCUT2D eigenvalue weighted by Gasteiger charge is 2.19. The van der Waals surface area contributed by atoms with Crippen LogP contribution in [0.5, 0.6) is 0 Å². The first kappa shape index (κ1) is 31.9. The summed E-state index contributed by atoms with van der Waals surface area (Å²) in [5, 5.41) is 6.93. The number of furan rings is 1. The van der Waals surface area contributed by atoms with E-state index in [2.05, 4.69) is 144 Å². The summed E-state index contributed by atoms with van der Waals surface area (Å²) in [5.74, 6) is 1.88. The second-order valence-electron chi connectivity index (χ2n) is 14.4. The number of thiophene rings is 1. The van der Waals surface area contributed by atoms with Crippen LogP contribution in [0.1, 0.15) is 0 Å². The predicted molar refractivity (Wildman–Crippen MR) is 236 cm³/mol. The van der Waals surface area contributed by atoms with Gasteiger partial charge in [-0.1, -0.05) is 115 Å². The molecule has 4 heterocycles. The summed E-state index contributed by atoms with van der Waals surface area (Å²) in [6.45, 7) is 0. The number of hydrogen-bond donors (Lipinski definition) is 0. The standard InChI is InChI=1S/C51H30N4OS/c1-3-12-31(13-4-1)36-18-11-19-40-37-16-7-9-20-43(37)55(48(36)40)35-24-25-38-41-28-33(22-26-44(41)56-45(38)30-35)50-52-49(32-14-5-2-6-15-32)53-51(54-50)34-23-27-47-42(29-34)39-17-8-10-21-46(39)57-47/h1-30H. The van der Waals surface area contributed by atoms with Gasteiger partial charge in [0, 0.05) is 75.7 Å². The smallest absolute Gasteiger partial charge is 0.164 e. The molecule has 12 aromatic rings. The topological polar surface area (TPSA) is 56.7 Å². The second kappa shape index (κ2) is 12.6. The number of hydrogen-bond acceptors (Lipinski definition) is 5. The summed E-state index contributed by atoms with van der Waals surface area (Å²) in [6, 6.07) is 63.8. The van der Waals surface area contributed by atoms with Gasteiger partial charge < -0.3 is 8.98 Å². The van der Waals surface area contributed by atoms with Gasteiger partial charge in [0.15, 0.2) is 17.5 Å². The van der Waals surface area contributed by atoms with Gasteiger partial charge in [0.2, 0.25) is 0 Å². The van der Waals surface area contributed by atoms with E-state index in [4.69, 9.17) is 19.4 Å². The monoisotopic (exact) mass is 746 g/mol. The maximum absolute atomic E-state index is 6.61. The van der Waals surface area contributed by atoms with Gasteiger partial charge >= 0.3 is 0 Å². The minimum atomic E-state index is 0.612. The third-order valence-electron chi connectivity index (χ3n) is 11.1. The average molecular weight is 747 g/mol. The fraction of sp³-hybridized carbons (Fsp3) is 0. The summed E-state index contributed by atoms with van der Waals surface area (Å²) >= 11 is 1.81. The highest BCUT2D eigenvalue weighted by molar-refractivity contribution is 7.25. The Kier molecular flexibility index (Phi) is 7.03. The fourth-order valence-electron chi connectivity index (χ4n) is 8.40. The van der Waals surface area contributed by atoms with Crippen molar-refractivity contribution in [3.8, 4) is 51.0 Å². The molecule has 0 saturated heterocycles. The van der Waals surface area contributed by atoms with Crippen LogP contribution in [0.2, 0.25) is 0 Å².